The van der Waals surface area contributed by atoms with Crippen LogP contribution >= 0.6 is 11.8 Å². The monoisotopic (exact) mass is 299 g/mol. The van der Waals surface area contributed by atoms with Gasteiger partial charge in [0.1, 0.15) is 0 Å². The van der Waals surface area contributed by atoms with Crippen LogP contribution in [0.5, 0.6) is 0 Å². The van der Waals surface area contributed by atoms with Gasteiger partial charge in [-0.3, -0.25) is 4.90 Å². The largest absolute Gasteiger partial charge is 0.396 e. The van der Waals surface area contributed by atoms with Gasteiger partial charge in [-0.15, -0.1) is 0 Å². The molecule has 1 N–H and O–H groups in total. The lowest BCUT2D eigenvalue weighted by molar-refractivity contribution is 0.0177. The van der Waals surface area contributed by atoms with Crippen molar-refractivity contribution in [1.82, 2.24) is 15.0 Å². The summed E-state index contributed by atoms with van der Waals surface area (Å²) in [5.74, 6) is 2.26. The Morgan fingerprint density at radius 1 is 1.50 bits per heavy atom. The number of likely N-dealkylation sites (tertiary alicyclic amines) is 1. The zero-order valence-electron chi connectivity index (χ0n) is 12.5. The van der Waals surface area contributed by atoms with Crippen molar-refractivity contribution in [1.29, 1.82) is 0 Å². The van der Waals surface area contributed by atoms with Gasteiger partial charge >= 0.3 is 0 Å². The Labute approximate surface area is 125 Å². The number of nitrogens with zero attached hydrogens (tertiary/aromatic N) is 3. The van der Waals surface area contributed by atoms with E-state index in [1.807, 2.05) is 6.26 Å². The molecule has 2 rings (SSSR count). The first kappa shape index (κ1) is 15.8. The van der Waals surface area contributed by atoms with E-state index in [-0.39, 0.29) is 12.0 Å². The van der Waals surface area contributed by atoms with Crippen molar-refractivity contribution in [2.45, 2.75) is 44.9 Å². The van der Waals surface area contributed by atoms with Crippen molar-refractivity contribution in [3.8, 4) is 0 Å². The minimum atomic E-state index is 0.0646. The van der Waals surface area contributed by atoms with Gasteiger partial charge in [0.25, 0.3) is 0 Å². The number of thioether (sulfide) groups is 1. The van der Waals surface area contributed by atoms with Crippen molar-refractivity contribution >= 4 is 11.8 Å². The van der Waals surface area contributed by atoms with Gasteiger partial charge in [0.05, 0.1) is 12.3 Å². The number of aliphatic hydroxyl groups excluding tert-OH is 1. The van der Waals surface area contributed by atoms with E-state index in [1.165, 1.54) is 0 Å². The van der Waals surface area contributed by atoms with Crippen LogP contribution in [0.25, 0.3) is 0 Å². The second-order valence-electron chi connectivity index (χ2n) is 5.76. The maximum absolute atomic E-state index is 9.75. The third kappa shape index (κ3) is 3.96. The number of piperidine rings is 1. The first-order chi connectivity index (χ1) is 9.71. The molecule has 1 atom stereocenters. The Hall–Kier alpha value is -0.590. The first-order valence-electron chi connectivity index (χ1n) is 7.35. The molecule has 1 aliphatic heterocycles. The van der Waals surface area contributed by atoms with Crippen LogP contribution in [0.4, 0.5) is 0 Å². The summed E-state index contributed by atoms with van der Waals surface area (Å²) in [6.45, 7) is 5.14. The van der Waals surface area contributed by atoms with E-state index in [9.17, 15) is 5.11 Å². The van der Waals surface area contributed by atoms with Crippen LogP contribution in [0.2, 0.25) is 0 Å². The second-order valence-corrected chi connectivity index (χ2v) is 6.63. The van der Waals surface area contributed by atoms with Gasteiger partial charge in [0, 0.05) is 18.6 Å². The van der Waals surface area contributed by atoms with E-state index >= 15 is 0 Å². The molecule has 1 saturated heterocycles. The molecule has 0 unspecified atom stereocenters. The van der Waals surface area contributed by atoms with Crippen molar-refractivity contribution in [2.75, 3.05) is 26.0 Å². The molecule has 0 bridgehead atoms. The highest BCUT2D eigenvalue weighted by atomic mass is 32.2. The molecule has 2 heterocycles. The maximum atomic E-state index is 9.75. The van der Waals surface area contributed by atoms with Crippen LogP contribution in [0.15, 0.2) is 4.52 Å². The van der Waals surface area contributed by atoms with E-state index < -0.39 is 0 Å². The number of hydrogen-bond acceptors (Lipinski definition) is 6. The summed E-state index contributed by atoms with van der Waals surface area (Å²) in [5.41, 5.74) is 0.0646. The Kier molecular flexibility index (Phi) is 5.86. The van der Waals surface area contributed by atoms with Crippen LogP contribution in [0.3, 0.4) is 0 Å². The molecule has 1 aromatic rings. The van der Waals surface area contributed by atoms with Gasteiger partial charge in [-0.1, -0.05) is 18.5 Å². The van der Waals surface area contributed by atoms with E-state index in [0.29, 0.717) is 12.4 Å². The molecule has 114 valence electrons. The molecule has 0 saturated carbocycles. The number of aromatic nitrogens is 2. The van der Waals surface area contributed by atoms with Crippen LogP contribution in [0.1, 0.15) is 44.3 Å². The molecule has 0 radical (unpaired) electrons. The van der Waals surface area contributed by atoms with E-state index in [2.05, 4.69) is 22.0 Å². The Morgan fingerprint density at radius 2 is 2.35 bits per heavy atom. The number of hydrogen-bond donors (Lipinski definition) is 1. The third-order valence-corrected chi connectivity index (χ3v) is 4.55. The topological polar surface area (TPSA) is 62.4 Å². The van der Waals surface area contributed by atoms with Crippen LogP contribution in [0, 0.1) is 5.41 Å². The summed E-state index contributed by atoms with van der Waals surface area (Å²) in [4.78, 5) is 6.75. The second kappa shape index (κ2) is 7.43. The molecule has 0 aromatic carbocycles. The van der Waals surface area contributed by atoms with E-state index in [1.54, 1.807) is 11.8 Å². The molecule has 1 fully saturated rings. The lowest BCUT2D eigenvalue weighted by Crippen LogP contribution is -2.44. The van der Waals surface area contributed by atoms with Gasteiger partial charge in [-0.2, -0.15) is 16.7 Å². The minimum absolute atomic E-state index is 0.0646. The summed E-state index contributed by atoms with van der Waals surface area (Å²) in [6, 6.07) is 0. The molecule has 5 nitrogen and oxygen atoms in total. The SMILES string of the molecule is CCC[C@@]1(CO)CCCN(Cc2nc(CSC)no2)C1. The van der Waals surface area contributed by atoms with Gasteiger partial charge in [0.2, 0.25) is 5.89 Å². The number of aliphatic hydroxyl groups is 1. The predicted molar refractivity (Wildman–Crippen MR) is 80.5 cm³/mol. The Morgan fingerprint density at radius 3 is 3.05 bits per heavy atom. The van der Waals surface area contributed by atoms with Crippen molar-refractivity contribution in [2.24, 2.45) is 5.41 Å². The fourth-order valence-corrected chi connectivity index (χ4v) is 3.50. The normalized spacial score (nSPS) is 24.1. The zero-order valence-corrected chi connectivity index (χ0v) is 13.3. The molecular formula is C14H25N3O2S. The van der Waals surface area contributed by atoms with Crippen LogP contribution < -0.4 is 0 Å². The average molecular weight is 299 g/mol. The number of rotatable bonds is 7. The lowest BCUT2D eigenvalue weighted by atomic mass is 9.77. The van der Waals surface area contributed by atoms with Crippen LogP contribution in [-0.2, 0) is 12.3 Å². The standard InChI is InChI=1S/C14H25N3O2S/c1-3-5-14(11-18)6-4-7-17(10-14)8-13-15-12(9-20-2)16-19-13/h18H,3-11H2,1-2H3/t14-/m1/s1. The third-order valence-electron chi connectivity index (χ3n) is 4.00. The van der Waals surface area contributed by atoms with Crippen molar-refractivity contribution in [3.63, 3.8) is 0 Å². The highest BCUT2D eigenvalue weighted by molar-refractivity contribution is 7.97. The predicted octanol–water partition coefficient (Wildman–Crippen LogP) is 2.31. The fraction of sp³-hybridized carbons (Fsp3) is 0.857. The summed E-state index contributed by atoms with van der Waals surface area (Å²) >= 11 is 1.69. The summed E-state index contributed by atoms with van der Waals surface area (Å²) in [7, 11) is 0. The molecule has 0 aliphatic carbocycles. The zero-order chi connectivity index (χ0) is 14.4. The Balaban J connectivity index is 1.94. The van der Waals surface area contributed by atoms with E-state index in [0.717, 1.165) is 50.4 Å². The van der Waals surface area contributed by atoms with Gasteiger partial charge in [-0.25, -0.2) is 0 Å². The average Bonchev–Trinajstić information content (AvgIpc) is 2.87. The smallest absolute Gasteiger partial charge is 0.240 e. The van der Waals surface area contributed by atoms with Crippen molar-refractivity contribution < 1.29 is 9.63 Å². The van der Waals surface area contributed by atoms with Gasteiger partial charge < -0.3 is 9.63 Å². The first-order valence-corrected chi connectivity index (χ1v) is 8.74. The highest BCUT2D eigenvalue weighted by Gasteiger charge is 2.34. The quantitative estimate of drug-likeness (QED) is 0.833. The van der Waals surface area contributed by atoms with Gasteiger partial charge in [-0.05, 0) is 32.1 Å². The summed E-state index contributed by atoms with van der Waals surface area (Å²) in [6.07, 6.45) is 6.48. The maximum Gasteiger partial charge on any atom is 0.240 e. The Bertz CT molecular complexity index is 409. The molecule has 1 aromatic heterocycles. The highest BCUT2D eigenvalue weighted by Crippen LogP contribution is 2.34. The lowest BCUT2D eigenvalue weighted by Gasteiger charge is -2.41. The molecule has 0 spiro atoms. The minimum Gasteiger partial charge on any atom is -0.396 e. The fourth-order valence-electron chi connectivity index (χ4n) is 3.12. The van der Waals surface area contributed by atoms with Crippen LogP contribution in [-0.4, -0.2) is 46.1 Å². The molecule has 6 heteroatoms. The van der Waals surface area contributed by atoms with Crippen molar-refractivity contribution in [3.05, 3.63) is 11.7 Å². The van der Waals surface area contributed by atoms with E-state index in [4.69, 9.17) is 4.52 Å². The molecule has 20 heavy (non-hydrogen) atoms. The summed E-state index contributed by atoms with van der Waals surface area (Å²) < 4.78 is 5.30. The molecule has 0 amide bonds. The van der Waals surface area contributed by atoms with Gasteiger partial charge in [0.15, 0.2) is 5.82 Å². The molecular weight excluding hydrogens is 274 g/mol. The summed E-state index contributed by atoms with van der Waals surface area (Å²) in [5, 5.41) is 13.7. The molecule has 1 aliphatic rings.